The average Bonchev–Trinajstić information content (AvgIpc) is 3.10. The molecule has 0 bridgehead atoms. The van der Waals surface area contributed by atoms with Crippen LogP contribution in [0, 0.1) is 5.82 Å². The van der Waals surface area contributed by atoms with Gasteiger partial charge < -0.3 is 4.74 Å². The molecule has 0 unspecified atom stereocenters. The molecule has 0 saturated heterocycles. The lowest BCUT2D eigenvalue weighted by Gasteiger charge is -2.07. The molecule has 100 valence electrons. The van der Waals surface area contributed by atoms with Crippen molar-refractivity contribution < 1.29 is 17.5 Å². The lowest BCUT2D eigenvalue weighted by atomic mass is 10.3. The molecule has 0 aliphatic heterocycles. The minimum absolute atomic E-state index is 0.0602. The van der Waals surface area contributed by atoms with Crippen LogP contribution < -0.4 is 9.46 Å². The van der Waals surface area contributed by atoms with Crippen LogP contribution in [0.2, 0.25) is 0 Å². The molecular formula is C12H16FNO3S. The number of hydrogen-bond acceptors (Lipinski definition) is 3. The number of nitrogens with one attached hydrogen (secondary N) is 1. The summed E-state index contributed by atoms with van der Waals surface area (Å²) in [6.45, 7) is 0.303. The van der Waals surface area contributed by atoms with Crippen LogP contribution in [0.3, 0.4) is 0 Å². The number of sulfonamides is 1. The van der Waals surface area contributed by atoms with Crippen molar-refractivity contribution in [3.8, 4) is 5.75 Å². The van der Waals surface area contributed by atoms with Crippen molar-refractivity contribution >= 4 is 10.0 Å². The Bertz CT molecular complexity index is 483. The lowest BCUT2D eigenvalue weighted by Crippen LogP contribution is -2.28. The fourth-order valence-corrected chi connectivity index (χ4v) is 2.84. The van der Waals surface area contributed by atoms with E-state index in [2.05, 4.69) is 4.72 Å². The van der Waals surface area contributed by atoms with Crippen LogP contribution in [0.4, 0.5) is 4.39 Å². The Morgan fingerprint density at radius 3 is 2.56 bits per heavy atom. The highest BCUT2D eigenvalue weighted by molar-refractivity contribution is 7.89. The van der Waals surface area contributed by atoms with Gasteiger partial charge in [0, 0.05) is 6.04 Å². The van der Waals surface area contributed by atoms with Crippen LogP contribution in [0.1, 0.15) is 19.3 Å². The van der Waals surface area contributed by atoms with Gasteiger partial charge in [-0.05, 0) is 43.5 Å². The second-order valence-corrected chi connectivity index (χ2v) is 6.24. The maximum atomic E-state index is 12.6. The summed E-state index contributed by atoms with van der Waals surface area (Å²) in [5, 5.41) is 0. The minimum Gasteiger partial charge on any atom is -0.494 e. The molecule has 1 saturated carbocycles. The summed E-state index contributed by atoms with van der Waals surface area (Å²) in [6, 6.07) is 5.80. The van der Waals surface area contributed by atoms with E-state index in [1.807, 2.05) is 0 Å². The topological polar surface area (TPSA) is 55.4 Å². The van der Waals surface area contributed by atoms with Crippen LogP contribution in [0.5, 0.6) is 5.75 Å². The summed E-state index contributed by atoms with van der Waals surface area (Å²) in [6.07, 6.45) is 2.29. The van der Waals surface area contributed by atoms with Crippen LogP contribution in [-0.4, -0.2) is 26.8 Å². The SMILES string of the molecule is O=S(=O)(CCCOc1ccc(F)cc1)NC1CC1. The fourth-order valence-electron chi connectivity index (χ4n) is 1.48. The van der Waals surface area contributed by atoms with Crippen molar-refractivity contribution in [3.63, 3.8) is 0 Å². The highest BCUT2D eigenvalue weighted by Crippen LogP contribution is 2.19. The molecule has 0 spiro atoms. The molecule has 1 aliphatic rings. The fraction of sp³-hybridized carbons (Fsp3) is 0.500. The summed E-state index contributed by atoms with van der Waals surface area (Å²) < 4.78 is 43.6. The summed E-state index contributed by atoms with van der Waals surface area (Å²) in [4.78, 5) is 0. The molecule has 0 amide bonds. The Morgan fingerprint density at radius 1 is 1.28 bits per heavy atom. The van der Waals surface area contributed by atoms with Crippen molar-refractivity contribution in [3.05, 3.63) is 30.1 Å². The molecule has 1 aliphatic carbocycles. The zero-order valence-corrected chi connectivity index (χ0v) is 10.7. The van der Waals surface area contributed by atoms with Gasteiger partial charge in [0.25, 0.3) is 0 Å². The third kappa shape index (κ3) is 4.62. The zero-order valence-electron chi connectivity index (χ0n) is 9.93. The standard InChI is InChI=1S/C12H16FNO3S/c13-10-2-6-12(7-3-10)17-8-1-9-18(15,16)14-11-4-5-11/h2-3,6-7,11,14H,1,4-5,8-9H2. The van der Waals surface area contributed by atoms with Crippen LogP contribution in [-0.2, 0) is 10.0 Å². The van der Waals surface area contributed by atoms with E-state index in [4.69, 9.17) is 4.74 Å². The zero-order chi connectivity index (χ0) is 13.0. The van der Waals surface area contributed by atoms with Crippen molar-refractivity contribution in [2.45, 2.75) is 25.3 Å². The van der Waals surface area contributed by atoms with Gasteiger partial charge in [-0.1, -0.05) is 0 Å². The van der Waals surface area contributed by atoms with Gasteiger partial charge in [-0.25, -0.2) is 17.5 Å². The number of rotatable bonds is 7. The van der Waals surface area contributed by atoms with Gasteiger partial charge in [0.2, 0.25) is 10.0 Å². The Labute approximate surface area is 106 Å². The highest BCUT2D eigenvalue weighted by atomic mass is 32.2. The predicted molar refractivity (Wildman–Crippen MR) is 66.5 cm³/mol. The van der Waals surface area contributed by atoms with Gasteiger partial charge in [-0.3, -0.25) is 0 Å². The molecule has 4 nitrogen and oxygen atoms in total. The normalized spacial score (nSPS) is 15.6. The smallest absolute Gasteiger partial charge is 0.211 e. The Hall–Kier alpha value is -1.14. The molecule has 18 heavy (non-hydrogen) atoms. The van der Waals surface area contributed by atoms with Crippen molar-refractivity contribution in [2.24, 2.45) is 0 Å². The summed E-state index contributed by atoms with van der Waals surface area (Å²) >= 11 is 0. The monoisotopic (exact) mass is 273 g/mol. The van der Waals surface area contributed by atoms with Gasteiger partial charge in [0.15, 0.2) is 0 Å². The lowest BCUT2D eigenvalue weighted by molar-refractivity contribution is 0.317. The number of ether oxygens (including phenoxy) is 1. The third-order valence-corrected chi connectivity index (χ3v) is 4.08. The third-order valence-electron chi connectivity index (χ3n) is 2.56. The van der Waals surface area contributed by atoms with Gasteiger partial charge in [0.05, 0.1) is 12.4 Å². The summed E-state index contributed by atoms with van der Waals surface area (Å²) in [5.74, 6) is 0.285. The largest absolute Gasteiger partial charge is 0.494 e. The number of benzene rings is 1. The van der Waals surface area contributed by atoms with Crippen molar-refractivity contribution in [1.82, 2.24) is 4.72 Å². The van der Waals surface area contributed by atoms with E-state index >= 15 is 0 Å². The summed E-state index contributed by atoms with van der Waals surface area (Å²) in [7, 11) is -3.17. The van der Waals surface area contributed by atoms with Gasteiger partial charge in [0.1, 0.15) is 11.6 Å². The van der Waals surface area contributed by atoms with Gasteiger partial charge in [-0.15, -0.1) is 0 Å². The van der Waals surface area contributed by atoms with E-state index in [9.17, 15) is 12.8 Å². The molecule has 2 rings (SSSR count). The molecule has 0 atom stereocenters. The molecule has 6 heteroatoms. The van der Waals surface area contributed by atoms with Crippen LogP contribution in [0.15, 0.2) is 24.3 Å². The van der Waals surface area contributed by atoms with E-state index in [0.717, 1.165) is 12.8 Å². The molecular weight excluding hydrogens is 257 g/mol. The van der Waals surface area contributed by atoms with E-state index in [-0.39, 0.29) is 17.6 Å². The second-order valence-electron chi connectivity index (χ2n) is 4.37. The first-order valence-electron chi connectivity index (χ1n) is 5.93. The molecule has 1 fully saturated rings. The molecule has 0 heterocycles. The number of halogens is 1. The van der Waals surface area contributed by atoms with E-state index in [1.54, 1.807) is 0 Å². The number of hydrogen-bond donors (Lipinski definition) is 1. The summed E-state index contributed by atoms with van der Waals surface area (Å²) in [5.41, 5.74) is 0. The van der Waals surface area contributed by atoms with Crippen LogP contribution >= 0.6 is 0 Å². The van der Waals surface area contributed by atoms with Crippen molar-refractivity contribution in [1.29, 1.82) is 0 Å². The van der Waals surface area contributed by atoms with E-state index in [1.165, 1.54) is 24.3 Å². The molecule has 0 aromatic heterocycles. The molecule has 0 radical (unpaired) electrons. The first-order chi connectivity index (χ1) is 8.55. The Morgan fingerprint density at radius 2 is 1.94 bits per heavy atom. The minimum atomic E-state index is -3.17. The Kier molecular flexibility index (Phi) is 4.19. The maximum absolute atomic E-state index is 12.6. The van der Waals surface area contributed by atoms with E-state index in [0.29, 0.717) is 18.8 Å². The molecule has 1 aromatic rings. The van der Waals surface area contributed by atoms with Gasteiger partial charge >= 0.3 is 0 Å². The second kappa shape index (κ2) is 5.67. The molecule has 1 aromatic carbocycles. The molecule has 1 N–H and O–H groups in total. The first-order valence-corrected chi connectivity index (χ1v) is 7.59. The average molecular weight is 273 g/mol. The highest BCUT2D eigenvalue weighted by Gasteiger charge is 2.26. The Balaban J connectivity index is 1.67. The van der Waals surface area contributed by atoms with Crippen LogP contribution in [0.25, 0.3) is 0 Å². The first kappa shape index (κ1) is 13.3. The van der Waals surface area contributed by atoms with E-state index < -0.39 is 10.0 Å². The van der Waals surface area contributed by atoms with Crippen molar-refractivity contribution in [2.75, 3.05) is 12.4 Å². The quantitative estimate of drug-likeness (QED) is 0.769. The maximum Gasteiger partial charge on any atom is 0.211 e. The predicted octanol–water partition coefficient (Wildman–Crippen LogP) is 1.68. The van der Waals surface area contributed by atoms with Gasteiger partial charge in [-0.2, -0.15) is 0 Å².